The van der Waals surface area contributed by atoms with Gasteiger partial charge in [0.05, 0.1) is 27.9 Å². The molecule has 5 heteroatoms. The largest absolute Gasteiger partial charge is 0.496 e. The van der Waals surface area contributed by atoms with Crippen LogP contribution in [-0.4, -0.2) is 27.6 Å². The van der Waals surface area contributed by atoms with Gasteiger partial charge in [-0.2, -0.15) is 0 Å². The van der Waals surface area contributed by atoms with E-state index < -0.39 is 8.15 Å². The predicted molar refractivity (Wildman–Crippen MR) is 84.6 cm³/mol. The first kappa shape index (κ1) is 15.5. The highest BCUT2D eigenvalue weighted by molar-refractivity contribution is 7.68. The van der Waals surface area contributed by atoms with Crippen molar-refractivity contribution in [3.05, 3.63) is 48.0 Å². The van der Waals surface area contributed by atoms with Crippen molar-refractivity contribution >= 4 is 25.0 Å². The fraction of sp³-hybridized carbons (Fsp3) is 0.188. The van der Waals surface area contributed by atoms with Crippen LogP contribution >= 0.6 is 8.15 Å². The lowest BCUT2D eigenvalue weighted by Gasteiger charge is -2.18. The summed E-state index contributed by atoms with van der Waals surface area (Å²) >= 11 is 0. The number of methoxy groups -OCH3 is 2. The van der Waals surface area contributed by atoms with Crippen LogP contribution < -0.4 is 20.1 Å². The van der Waals surface area contributed by atoms with E-state index >= 15 is 0 Å². The Balaban J connectivity index is 2.54. The minimum Gasteiger partial charge on any atom is -0.496 e. The lowest BCUT2D eigenvalue weighted by Crippen LogP contribution is -2.14. The number of hydrogen-bond donors (Lipinski definition) is 0. The van der Waals surface area contributed by atoms with Gasteiger partial charge in [0.1, 0.15) is 11.5 Å². The van der Waals surface area contributed by atoms with Crippen molar-refractivity contribution in [2.45, 2.75) is 0 Å². The summed E-state index contributed by atoms with van der Waals surface area (Å²) in [4.78, 5) is 11.2. The zero-order chi connectivity index (χ0) is 15.2. The molecule has 0 fully saturated rings. The summed E-state index contributed by atoms with van der Waals surface area (Å²) < 4.78 is 16.2. The fourth-order valence-corrected chi connectivity index (χ4v) is 3.71. The Morgan fingerprint density at radius 3 is 1.90 bits per heavy atom. The molecule has 2 aromatic rings. The maximum atomic E-state index is 11.2. The van der Waals surface area contributed by atoms with Gasteiger partial charge in [0.15, 0.2) is 6.29 Å². The molecule has 21 heavy (non-hydrogen) atoms. The minimum absolute atomic E-state index is 0.405. The zero-order valence-electron chi connectivity index (χ0n) is 12.2. The van der Waals surface area contributed by atoms with Crippen molar-refractivity contribution in [1.29, 1.82) is 0 Å². The first-order chi connectivity index (χ1) is 10.2. The van der Waals surface area contributed by atoms with E-state index in [1.165, 1.54) is 14.2 Å². The van der Waals surface area contributed by atoms with E-state index in [1.54, 1.807) is 7.11 Å². The van der Waals surface area contributed by atoms with Gasteiger partial charge in [-0.3, -0.25) is 4.79 Å². The molecule has 2 aromatic carbocycles. The maximum absolute atomic E-state index is 11.2. The highest BCUT2D eigenvalue weighted by Gasteiger charge is 2.19. The molecule has 0 spiro atoms. The van der Waals surface area contributed by atoms with Crippen molar-refractivity contribution in [2.75, 3.05) is 21.3 Å². The first-order valence-corrected chi connectivity index (χ1v) is 7.61. The Morgan fingerprint density at radius 1 is 0.905 bits per heavy atom. The van der Waals surface area contributed by atoms with Crippen LogP contribution in [0.25, 0.3) is 0 Å². The third-order valence-corrected chi connectivity index (χ3v) is 4.91. The summed E-state index contributed by atoms with van der Waals surface area (Å²) in [6.45, 7) is 0. The molecule has 1 atom stereocenters. The summed E-state index contributed by atoms with van der Waals surface area (Å²) in [6.07, 6.45) is 0.735. The quantitative estimate of drug-likeness (QED) is 0.607. The second-order valence-corrected chi connectivity index (χ2v) is 6.18. The molecule has 1 unspecified atom stereocenters. The summed E-state index contributed by atoms with van der Waals surface area (Å²) in [7, 11) is 3.75. The Hall–Kier alpha value is -1.90. The highest BCUT2D eigenvalue weighted by Crippen LogP contribution is 2.38. The molecule has 0 heterocycles. The number of rotatable bonds is 6. The molecule has 0 amide bonds. The molecule has 0 N–H and O–H groups in total. The number of aldehydes is 1. The van der Waals surface area contributed by atoms with Crippen molar-refractivity contribution in [2.24, 2.45) is 0 Å². The van der Waals surface area contributed by atoms with E-state index in [9.17, 15) is 4.79 Å². The summed E-state index contributed by atoms with van der Waals surface area (Å²) in [5, 5.41) is 2.01. The lowest BCUT2D eigenvalue weighted by atomic mass is 10.2. The van der Waals surface area contributed by atoms with Gasteiger partial charge in [0, 0.05) is 17.7 Å². The van der Waals surface area contributed by atoms with Crippen molar-refractivity contribution in [3.63, 3.8) is 0 Å². The monoisotopic (exact) mass is 304 g/mol. The molecule has 0 saturated carbocycles. The standard InChI is InChI=1S/C16H17O4P/c1-18-15-9-13(10-16(19-2)14(15)11-17)21(20-3)12-7-5-4-6-8-12/h4-11H,1-3H3. The molecular formula is C16H17O4P. The zero-order valence-corrected chi connectivity index (χ0v) is 13.1. The van der Waals surface area contributed by atoms with Gasteiger partial charge in [-0.25, -0.2) is 0 Å². The molecule has 0 aromatic heterocycles. The molecule has 2 rings (SSSR count). The normalized spacial score (nSPS) is 11.8. The molecule has 0 saturated heterocycles. The summed E-state index contributed by atoms with van der Waals surface area (Å²) in [5.74, 6) is 0.972. The summed E-state index contributed by atoms with van der Waals surface area (Å²) in [6, 6.07) is 13.6. The molecule has 110 valence electrons. The van der Waals surface area contributed by atoms with Crippen LogP contribution in [0.2, 0.25) is 0 Å². The number of benzene rings is 2. The van der Waals surface area contributed by atoms with Crippen LogP contribution in [0.3, 0.4) is 0 Å². The number of hydrogen-bond acceptors (Lipinski definition) is 4. The topological polar surface area (TPSA) is 44.8 Å². The Bertz CT molecular complexity index is 588. The molecule has 0 bridgehead atoms. The van der Waals surface area contributed by atoms with Gasteiger partial charge in [-0.05, 0) is 12.1 Å². The minimum atomic E-state index is -0.986. The van der Waals surface area contributed by atoms with E-state index in [-0.39, 0.29) is 0 Å². The molecule has 0 radical (unpaired) electrons. The fourth-order valence-electron chi connectivity index (χ4n) is 2.08. The smallest absolute Gasteiger partial charge is 0.157 e. The Kier molecular flexibility index (Phi) is 5.32. The number of carbonyl (C=O) groups is 1. The lowest BCUT2D eigenvalue weighted by molar-refractivity contribution is 0.111. The maximum Gasteiger partial charge on any atom is 0.157 e. The Morgan fingerprint density at radius 2 is 1.48 bits per heavy atom. The van der Waals surface area contributed by atoms with E-state index in [4.69, 9.17) is 14.0 Å². The molecule has 0 aliphatic carbocycles. The number of carbonyl (C=O) groups excluding carboxylic acids is 1. The molecule has 0 aliphatic heterocycles. The second kappa shape index (κ2) is 7.21. The average Bonchev–Trinajstić information content (AvgIpc) is 2.55. The van der Waals surface area contributed by atoms with Crippen LogP contribution in [0.4, 0.5) is 0 Å². The van der Waals surface area contributed by atoms with Crippen LogP contribution in [0.5, 0.6) is 11.5 Å². The van der Waals surface area contributed by atoms with E-state index in [1.807, 2.05) is 42.5 Å². The summed E-state index contributed by atoms with van der Waals surface area (Å²) in [5.41, 5.74) is 0.405. The van der Waals surface area contributed by atoms with Crippen molar-refractivity contribution in [3.8, 4) is 11.5 Å². The molecule has 4 nitrogen and oxygen atoms in total. The number of ether oxygens (including phenoxy) is 2. The SMILES string of the molecule is COc1cc(P(OC)c2ccccc2)cc(OC)c1C=O. The van der Waals surface area contributed by atoms with Gasteiger partial charge < -0.3 is 14.0 Å². The van der Waals surface area contributed by atoms with Crippen LogP contribution in [0, 0.1) is 0 Å². The van der Waals surface area contributed by atoms with Gasteiger partial charge in [0.2, 0.25) is 0 Å². The van der Waals surface area contributed by atoms with Gasteiger partial charge in [-0.1, -0.05) is 30.3 Å². The van der Waals surface area contributed by atoms with Crippen LogP contribution in [-0.2, 0) is 4.52 Å². The van der Waals surface area contributed by atoms with E-state index in [0.717, 1.165) is 16.9 Å². The molecular weight excluding hydrogens is 287 g/mol. The second-order valence-electron chi connectivity index (χ2n) is 4.19. The Labute approximate surface area is 125 Å². The molecule has 0 aliphatic rings. The third kappa shape index (κ3) is 3.23. The predicted octanol–water partition coefficient (Wildman–Crippen LogP) is 2.51. The third-order valence-electron chi connectivity index (χ3n) is 3.05. The van der Waals surface area contributed by atoms with Gasteiger partial charge in [-0.15, -0.1) is 0 Å². The average molecular weight is 304 g/mol. The highest BCUT2D eigenvalue weighted by atomic mass is 31.1. The van der Waals surface area contributed by atoms with Gasteiger partial charge >= 0.3 is 0 Å². The van der Waals surface area contributed by atoms with Gasteiger partial charge in [0.25, 0.3) is 0 Å². The van der Waals surface area contributed by atoms with Crippen molar-refractivity contribution < 1.29 is 18.8 Å². The van der Waals surface area contributed by atoms with Crippen LogP contribution in [0.1, 0.15) is 10.4 Å². The van der Waals surface area contributed by atoms with Crippen LogP contribution in [0.15, 0.2) is 42.5 Å². The van der Waals surface area contributed by atoms with Crippen molar-refractivity contribution in [1.82, 2.24) is 0 Å². The van der Waals surface area contributed by atoms with E-state index in [0.29, 0.717) is 17.1 Å². The first-order valence-electron chi connectivity index (χ1n) is 6.35. The van der Waals surface area contributed by atoms with E-state index in [2.05, 4.69) is 0 Å².